The van der Waals surface area contributed by atoms with Gasteiger partial charge in [0.25, 0.3) is 5.91 Å². The van der Waals surface area contributed by atoms with Crippen LogP contribution < -0.4 is 10.6 Å². The van der Waals surface area contributed by atoms with Crippen LogP contribution in [0.25, 0.3) is 0 Å². The molecular weight excluding hydrogens is 234 g/mol. The van der Waals surface area contributed by atoms with E-state index in [1.165, 1.54) is 6.42 Å². The summed E-state index contributed by atoms with van der Waals surface area (Å²) in [6, 6.07) is 1.61. The van der Waals surface area contributed by atoms with Gasteiger partial charge in [-0.3, -0.25) is 4.79 Å². The molecule has 0 aliphatic carbocycles. The van der Waals surface area contributed by atoms with Crippen molar-refractivity contribution in [1.82, 2.24) is 15.8 Å². The zero-order valence-electron chi connectivity index (χ0n) is 10.6. The van der Waals surface area contributed by atoms with Crippen molar-refractivity contribution in [1.29, 1.82) is 0 Å². The monoisotopic (exact) mass is 253 g/mol. The molecule has 2 rings (SSSR count). The first-order valence-corrected chi connectivity index (χ1v) is 6.23. The van der Waals surface area contributed by atoms with Crippen molar-refractivity contribution in [2.45, 2.75) is 19.4 Å². The third-order valence-electron chi connectivity index (χ3n) is 3.03. The predicted molar refractivity (Wildman–Crippen MR) is 65.1 cm³/mol. The minimum Gasteiger partial charge on any atom is -0.377 e. The summed E-state index contributed by atoms with van der Waals surface area (Å²) in [5, 5.41) is 9.91. The van der Waals surface area contributed by atoms with Crippen molar-refractivity contribution in [2.24, 2.45) is 5.92 Å². The summed E-state index contributed by atoms with van der Waals surface area (Å²) in [4.78, 5) is 11.8. The molecule has 0 unspecified atom stereocenters. The van der Waals surface area contributed by atoms with Crippen LogP contribution in [0.1, 0.15) is 29.1 Å². The number of carbonyl (C=O) groups is 1. The number of ether oxygens (including phenoxy) is 1. The fraction of sp³-hybridized carbons (Fsp3) is 0.667. The van der Waals surface area contributed by atoms with E-state index in [2.05, 4.69) is 15.8 Å². The normalized spacial score (nSPS) is 19.7. The van der Waals surface area contributed by atoms with Gasteiger partial charge in [0.2, 0.25) is 0 Å². The Morgan fingerprint density at radius 1 is 1.72 bits per heavy atom. The highest BCUT2D eigenvalue weighted by Gasteiger charge is 2.16. The lowest BCUT2D eigenvalue weighted by Crippen LogP contribution is -2.38. The van der Waals surface area contributed by atoms with Crippen molar-refractivity contribution in [3.8, 4) is 0 Å². The molecule has 2 N–H and O–H groups in total. The standard InChI is InChI=1S/C12H19N3O3/c1-17-8-10-5-11(15-18-10)12(16)14-7-9-3-2-4-13-6-9/h5,9,13H,2-4,6-8H2,1H3,(H,14,16)/t9-/m0/s1. The first-order chi connectivity index (χ1) is 8.79. The summed E-state index contributed by atoms with van der Waals surface area (Å²) < 4.78 is 9.87. The van der Waals surface area contributed by atoms with Gasteiger partial charge in [0.15, 0.2) is 11.5 Å². The Bertz CT molecular complexity index is 386. The predicted octanol–water partition coefficient (Wildman–Crippen LogP) is 0.550. The molecule has 1 saturated heterocycles. The van der Waals surface area contributed by atoms with Crippen molar-refractivity contribution < 1.29 is 14.1 Å². The lowest BCUT2D eigenvalue weighted by Gasteiger charge is -2.22. The van der Waals surface area contributed by atoms with Gasteiger partial charge in [-0.25, -0.2) is 0 Å². The second kappa shape index (κ2) is 6.51. The van der Waals surface area contributed by atoms with Crippen LogP contribution in [0.2, 0.25) is 0 Å². The van der Waals surface area contributed by atoms with E-state index in [1.807, 2.05) is 0 Å². The van der Waals surface area contributed by atoms with E-state index in [9.17, 15) is 4.79 Å². The summed E-state index contributed by atoms with van der Waals surface area (Å²) in [6.45, 7) is 3.05. The zero-order valence-corrected chi connectivity index (χ0v) is 10.6. The first-order valence-electron chi connectivity index (χ1n) is 6.23. The number of piperidine rings is 1. The molecule has 0 bridgehead atoms. The van der Waals surface area contributed by atoms with Crippen LogP contribution in [0.15, 0.2) is 10.6 Å². The Kier molecular flexibility index (Phi) is 4.72. The van der Waals surface area contributed by atoms with Crippen LogP contribution in [0, 0.1) is 5.92 Å². The molecule has 1 aromatic rings. The van der Waals surface area contributed by atoms with Crippen LogP contribution in [0.3, 0.4) is 0 Å². The van der Waals surface area contributed by atoms with Crippen molar-refractivity contribution >= 4 is 5.91 Å². The van der Waals surface area contributed by atoms with Crippen molar-refractivity contribution in [2.75, 3.05) is 26.7 Å². The molecule has 0 spiro atoms. The number of hydrogen-bond acceptors (Lipinski definition) is 5. The van der Waals surface area contributed by atoms with E-state index in [0.29, 0.717) is 30.5 Å². The molecule has 100 valence electrons. The van der Waals surface area contributed by atoms with Gasteiger partial charge in [-0.1, -0.05) is 5.16 Å². The molecule has 1 aliphatic heterocycles. The third kappa shape index (κ3) is 3.54. The lowest BCUT2D eigenvalue weighted by atomic mass is 10.00. The van der Waals surface area contributed by atoms with Crippen molar-refractivity contribution in [3.63, 3.8) is 0 Å². The Morgan fingerprint density at radius 2 is 2.61 bits per heavy atom. The molecule has 2 heterocycles. The van der Waals surface area contributed by atoms with Gasteiger partial charge in [-0.05, 0) is 31.8 Å². The van der Waals surface area contributed by atoms with E-state index in [0.717, 1.165) is 19.5 Å². The van der Waals surface area contributed by atoms with Crippen LogP contribution in [-0.2, 0) is 11.3 Å². The third-order valence-corrected chi connectivity index (χ3v) is 3.03. The molecule has 1 aromatic heterocycles. The molecular formula is C12H19N3O3. The maximum absolute atomic E-state index is 11.8. The largest absolute Gasteiger partial charge is 0.377 e. The smallest absolute Gasteiger partial charge is 0.273 e. The molecule has 1 aliphatic rings. The number of methoxy groups -OCH3 is 1. The second-order valence-electron chi connectivity index (χ2n) is 4.53. The van der Waals surface area contributed by atoms with Crippen molar-refractivity contribution in [3.05, 3.63) is 17.5 Å². The fourth-order valence-electron chi connectivity index (χ4n) is 2.06. The maximum Gasteiger partial charge on any atom is 0.273 e. The number of nitrogens with zero attached hydrogens (tertiary/aromatic N) is 1. The van der Waals surface area contributed by atoms with Gasteiger partial charge in [0, 0.05) is 19.7 Å². The zero-order chi connectivity index (χ0) is 12.8. The highest BCUT2D eigenvalue weighted by Crippen LogP contribution is 2.09. The molecule has 18 heavy (non-hydrogen) atoms. The number of nitrogens with one attached hydrogen (secondary N) is 2. The Labute approximate surface area is 106 Å². The number of aromatic nitrogens is 1. The number of hydrogen-bond donors (Lipinski definition) is 2. The molecule has 1 atom stereocenters. The summed E-state index contributed by atoms with van der Waals surface area (Å²) >= 11 is 0. The average Bonchev–Trinajstić information content (AvgIpc) is 2.86. The van der Waals surface area contributed by atoms with Crippen LogP contribution in [0.4, 0.5) is 0 Å². The minimum absolute atomic E-state index is 0.188. The average molecular weight is 253 g/mol. The van der Waals surface area contributed by atoms with Gasteiger partial charge in [0.1, 0.15) is 6.61 Å². The van der Waals surface area contributed by atoms with Crippen LogP contribution in [-0.4, -0.2) is 37.8 Å². The topological polar surface area (TPSA) is 76.4 Å². The summed E-state index contributed by atoms with van der Waals surface area (Å²) in [5.74, 6) is 0.877. The lowest BCUT2D eigenvalue weighted by molar-refractivity contribution is 0.0935. The van der Waals surface area contributed by atoms with Gasteiger partial charge < -0.3 is 19.9 Å². The molecule has 6 nitrogen and oxygen atoms in total. The fourth-order valence-corrected chi connectivity index (χ4v) is 2.06. The van der Waals surface area contributed by atoms with E-state index in [-0.39, 0.29) is 5.91 Å². The highest BCUT2D eigenvalue weighted by molar-refractivity contribution is 5.92. The van der Waals surface area contributed by atoms with Crippen LogP contribution >= 0.6 is 0 Å². The highest BCUT2D eigenvalue weighted by atomic mass is 16.5. The molecule has 6 heteroatoms. The van der Waals surface area contributed by atoms with Gasteiger partial charge >= 0.3 is 0 Å². The van der Waals surface area contributed by atoms with E-state index in [4.69, 9.17) is 9.26 Å². The molecule has 1 fully saturated rings. The summed E-state index contributed by atoms with van der Waals surface area (Å²) in [5.41, 5.74) is 0.311. The molecule has 1 amide bonds. The number of carbonyl (C=O) groups excluding carboxylic acids is 1. The Balaban J connectivity index is 1.79. The number of amides is 1. The second-order valence-corrected chi connectivity index (χ2v) is 4.53. The minimum atomic E-state index is -0.188. The van der Waals surface area contributed by atoms with E-state index in [1.54, 1.807) is 13.2 Å². The Hall–Kier alpha value is -1.40. The van der Waals surface area contributed by atoms with Gasteiger partial charge in [-0.15, -0.1) is 0 Å². The first kappa shape index (κ1) is 13.0. The van der Waals surface area contributed by atoms with Crippen LogP contribution in [0.5, 0.6) is 0 Å². The molecule has 0 saturated carbocycles. The molecule has 0 aromatic carbocycles. The number of rotatable bonds is 5. The SMILES string of the molecule is COCc1cc(C(=O)NC[C@H]2CCCNC2)no1. The van der Waals surface area contributed by atoms with Gasteiger partial charge in [-0.2, -0.15) is 0 Å². The van der Waals surface area contributed by atoms with E-state index < -0.39 is 0 Å². The maximum atomic E-state index is 11.8. The summed E-state index contributed by atoms with van der Waals surface area (Å²) in [6.07, 6.45) is 2.32. The molecule has 0 radical (unpaired) electrons. The quantitative estimate of drug-likeness (QED) is 0.801. The summed E-state index contributed by atoms with van der Waals surface area (Å²) in [7, 11) is 1.57. The van der Waals surface area contributed by atoms with E-state index >= 15 is 0 Å². The Morgan fingerprint density at radius 3 is 3.33 bits per heavy atom. The van der Waals surface area contributed by atoms with Gasteiger partial charge in [0.05, 0.1) is 0 Å².